The smallest absolute Gasteiger partial charge is 0.191 e. The fraction of sp³-hybridized carbons (Fsp3) is 0.667. The van der Waals surface area contributed by atoms with E-state index in [1.165, 1.54) is 11.1 Å². The Balaban J connectivity index is 0.00000400. The number of aliphatic imine (C=N–C) groups is 1. The van der Waals surface area contributed by atoms with Gasteiger partial charge in [0.05, 0.1) is 23.0 Å². The Hall–Kier alpha value is -0.420. The molecule has 122 valence electrons. The first-order chi connectivity index (χ1) is 9.31. The number of guanidine groups is 1. The van der Waals surface area contributed by atoms with Gasteiger partial charge in [-0.05, 0) is 20.3 Å². The van der Waals surface area contributed by atoms with Crippen molar-refractivity contribution >= 4 is 51.1 Å². The molecule has 0 saturated heterocycles. The molecule has 0 radical (unpaired) electrons. The quantitative estimate of drug-likeness (QED) is 0.299. The van der Waals surface area contributed by atoms with E-state index in [2.05, 4.69) is 20.6 Å². The molecule has 1 heterocycles. The fourth-order valence-electron chi connectivity index (χ4n) is 1.66. The molecular weight excluding hydrogens is 423 g/mol. The molecule has 6 nitrogen and oxygen atoms in total. The molecule has 0 aromatic carbocycles. The van der Waals surface area contributed by atoms with Crippen molar-refractivity contribution in [2.75, 3.05) is 25.6 Å². The lowest BCUT2D eigenvalue weighted by Gasteiger charge is -2.11. The van der Waals surface area contributed by atoms with Crippen molar-refractivity contribution in [1.82, 2.24) is 15.6 Å². The summed E-state index contributed by atoms with van der Waals surface area (Å²) in [5.74, 6) is 0.855. The lowest BCUT2D eigenvalue weighted by molar-refractivity contribution is 0.598. The highest BCUT2D eigenvalue weighted by molar-refractivity contribution is 14.0. The van der Waals surface area contributed by atoms with Crippen LogP contribution >= 0.6 is 35.3 Å². The zero-order chi connectivity index (χ0) is 15.2. The Kier molecular flexibility index (Phi) is 9.38. The molecular formula is C12H23IN4O2S2. The second kappa shape index (κ2) is 9.57. The highest BCUT2D eigenvalue weighted by Crippen LogP contribution is 2.16. The summed E-state index contributed by atoms with van der Waals surface area (Å²) in [4.78, 5) is 9.65. The van der Waals surface area contributed by atoms with E-state index in [4.69, 9.17) is 0 Å². The maximum atomic E-state index is 11.0. The van der Waals surface area contributed by atoms with E-state index in [0.29, 0.717) is 25.5 Å². The minimum atomic E-state index is -2.89. The monoisotopic (exact) mass is 446 g/mol. The number of nitrogens with zero attached hydrogens (tertiary/aromatic N) is 2. The highest BCUT2D eigenvalue weighted by Gasteiger charge is 2.06. The van der Waals surface area contributed by atoms with Gasteiger partial charge in [0.25, 0.3) is 0 Å². The van der Waals surface area contributed by atoms with Crippen LogP contribution in [-0.4, -0.2) is 45.0 Å². The number of halogens is 1. The molecule has 1 aromatic rings. The maximum Gasteiger partial charge on any atom is 0.191 e. The Labute approximate surface area is 147 Å². The highest BCUT2D eigenvalue weighted by atomic mass is 127. The van der Waals surface area contributed by atoms with Gasteiger partial charge >= 0.3 is 0 Å². The summed E-state index contributed by atoms with van der Waals surface area (Å²) in [7, 11) is -1.20. The van der Waals surface area contributed by atoms with Gasteiger partial charge in [-0.15, -0.1) is 35.3 Å². The third-order valence-corrected chi connectivity index (χ3v) is 4.73. The van der Waals surface area contributed by atoms with Crippen molar-refractivity contribution in [3.8, 4) is 0 Å². The number of sulfone groups is 1. The van der Waals surface area contributed by atoms with Crippen LogP contribution in [0.2, 0.25) is 0 Å². The summed E-state index contributed by atoms with van der Waals surface area (Å²) in [5.41, 5.74) is 1.03. The number of thiazole rings is 1. The minimum absolute atomic E-state index is 0. The van der Waals surface area contributed by atoms with E-state index in [1.54, 1.807) is 18.4 Å². The maximum absolute atomic E-state index is 11.0. The van der Waals surface area contributed by atoms with E-state index in [0.717, 1.165) is 10.7 Å². The summed E-state index contributed by atoms with van der Waals surface area (Å²) in [6.45, 7) is 5.22. The summed E-state index contributed by atoms with van der Waals surface area (Å²) >= 11 is 1.66. The summed E-state index contributed by atoms with van der Waals surface area (Å²) in [5, 5.41) is 7.35. The van der Waals surface area contributed by atoms with Crippen LogP contribution < -0.4 is 10.6 Å². The van der Waals surface area contributed by atoms with Gasteiger partial charge in [-0.2, -0.15) is 0 Å². The van der Waals surface area contributed by atoms with E-state index >= 15 is 0 Å². The van der Waals surface area contributed by atoms with Gasteiger partial charge in [0, 0.05) is 24.7 Å². The van der Waals surface area contributed by atoms with Crippen molar-refractivity contribution in [2.45, 2.75) is 26.8 Å². The SMILES string of the molecule is CN=C(NCCCS(C)(=O)=O)NCc1sc(C)nc1C.I. The molecule has 0 aliphatic carbocycles. The molecule has 0 unspecified atom stereocenters. The Morgan fingerprint density at radius 1 is 1.33 bits per heavy atom. The lowest BCUT2D eigenvalue weighted by atomic mass is 10.4. The first kappa shape index (κ1) is 20.6. The number of hydrogen-bond acceptors (Lipinski definition) is 5. The predicted molar refractivity (Wildman–Crippen MR) is 99.5 cm³/mol. The van der Waals surface area contributed by atoms with Gasteiger partial charge in [-0.3, -0.25) is 4.99 Å². The number of rotatable bonds is 6. The molecule has 0 fully saturated rings. The molecule has 0 saturated carbocycles. The largest absolute Gasteiger partial charge is 0.356 e. The molecule has 0 aliphatic heterocycles. The molecule has 1 aromatic heterocycles. The van der Waals surface area contributed by atoms with Crippen molar-refractivity contribution in [1.29, 1.82) is 0 Å². The minimum Gasteiger partial charge on any atom is -0.356 e. The second-order valence-electron chi connectivity index (χ2n) is 4.58. The van der Waals surface area contributed by atoms with Crippen LogP contribution in [-0.2, 0) is 16.4 Å². The van der Waals surface area contributed by atoms with E-state index < -0.39 is 9.84 Å². The Bertz CT molecular complexity index is 570. The molecule has 21 heavy (non-hydrogen) atoms. The molecule has 1 rings (SSSR count). The molecule has 0 aliphatic rings. The predicted octanol–water partition coefficient (Wildman–Crippen LogP) is 1.48. The van der Waals surface area contributed by atoms with Crippen LogP contribution in [0.1, 0.15) is 22.0 Å². The van der Waals surface area contributed by atoms with Crippen molar-refractivity contribution in [3.63, 3.8) is 0 Å². The third-order valence-electron chi connectivity index (χ3n) is 2.62. The number of hydrogen-bond donors (Lipinski definition) is 2. The standard InChI is InChI=1S/C12H22N4O2S2.HI/c1-9-11(19-10(2)16-9)8-15-12(13-3)14-6-5-7-20(4,17)18;/h5-8H2,1-4H3,(H2,13,14,15);1H. The van der Waals surface area contributed by atoms with Crippen molar-refractivity contribution in [3.05, 3.63) is 15.6 Å². The normalized spacial score (nSPS) is 11.9. The van der Waals surface area contributed by atoms with E-state index in [1.807, 2.05) is 13.8 Å². The van der Waals surface area contributed by atoms with Gasteiger partial charge in [0.15, 0.2) is 5.96 Å². The average molecular weight is 446 g/mol. The van der Waals surface area contributed by atoms with Gasteiger partial charge in [0.1, 0.15) is 9.84 Å². The zero-order valence-electron chi connectivity index (χ0n) is 12.8. The number of aryl methyl sites for hydroxylation is 2. The van der Waals surface area contributed by atoms with Gasteiger partial charge < -0.3 is 10.6 Å². The summed E-state index contributed by atoms with van der Waals surface area (Å²) < 4.78 is 22.0. The lowest BCUT2D eigenvalue weighted by Crippen LogP contribution is -2.37. The van der Waals surface area contributed by atoms with Crippen LogP contribution in [0.4, 0.5) is 0 Å². The average Bonchev–Trinajstić information content (AvgIpc) is 2.66. The second-order valence-corrected chi connectivity index (χ2v) is 8.12. The topological polar surface area (TPSA) is 83.5 Å². The Morgan fingerprint density at radius 2 is 2.00 bits per heavy atom. The van der Waals surface area contributed by atoms with Crippen LogP contribution in [0.3, 0.4) is 0 Å². The molecule has 0 spiro atoms. The van der Waals surface area contributed by atoms with Crippen LogP contribution in [0.25, 0.3) is 0 Å². The van der Waals surface area contributed by atoms with Gasteiger partial charge in [-0.25, -0.2) is 13.4 Å². The molecule has 9 heteroatoms. The summed E-state index contributed by atoms with van der Waals surface area (Å²) in [6.07, 6.45) is 1.81. The van der Waals surface area contributed by atoms with E-state index in [9.17, 15) is 8.42 Å². The molecule has 0 atom stereocenters. The van der Waals surface area contributed by atoms with Crippen LogP contribution in [0, 0.1) is 13.8 Å². The molecule has 0 bridgehead atoms. The van der Waals surface area contributed by atoms with Crippen molar-refractivity contribution in [2.24, 2.45) is 4.99 Å². The van der Waals surface area contributed by atoms with Crippen molar-refractivity contribution < 1.29 is 8.42 Å². The fourth-order valence-corrected chi connectivity index (χ4v) is 3.21. The van der Waals surface area contributed by atoms with Crippen LogP contribution in [0.5, 0.6) is 0 Å². The first-order valence-corrected chi connectivity index (χ1v) is 9.24. The summed E-state index contributed by atoms with van der Waals surface area (Å²) in [6, 6.07) is 0. The third kappa shape index (κ3) is 8.57. The zero-order valence-corrected chi connectivity index (χ0v) is 16.7. The number of aromatic nitrogens is 1. The van der Waals surface area contributed by atoms with Gasteiger partial charge in [-0.1, -0.05) is 0 Å². The first-order valence-electron chi connectivity index (χ1n) is 6.37. The van der Waals surface area contributed by atoms with Gasteiger partial charge in [0.2, 0.25) is 0 Å². The Morgan fingerprint density at radius 3 is 2.48 bits per heavy atom. The molecule has 0 amide bonds. The van der Waals surface area contributed by atoms with E-state index in [-0.39, 0.29) is 29.7 Å². The van der Waals surface area contributed by atoms with Crippen LogP contribution in [0.15, 0.2) is 4.99 Å². The number of nitrogens with one attached hydrogen (secondary N) is 2. The molecule has 2 N–H and O–H groups in total.